The van der Waals surface area contributed by atoms with Crippen LogP contribution in [-0.4, -0.2) is 37.2 Å². The van der Waals surface area contributed by atoms with Crippen LogP contribution in [0.2, 0.25) is 0 Å². The Kier molecular flexibility index (Phi) is 6.68. The van der Waals surface area contributed by atoms with Crippen molar-refractivity contribution in [1.82, 2.24) is 4.90 Å². The standard InChI is InChI=1S/C27H28F3NO/c1-32-26(14-10-22(11-15-26)21-6-3-2-4-7-21)16-19-31-17-12-23(13-18-31)24-8-5-9-25(20-24)27(28,29)30/h2-12,14,20H,13,15-19H2,1H3. The Morgan fingerprint density at radius 3 is 2.41 bits per heavy atom. The Morgan fingerprint density at radius 1 is 1.00 bits per heavy atom. The Labute approximate surface area is 187 Å². The summed E-state index contributed by atoms with van der Waals surface area (Å²) >= 11 is 0. The van der Waals surface area contributed by atoms with E-state index in [4.69, 9.17) is 4.74 Å². The van der Waals surface area contributed by atoms with Gasteiger partial charge in [-0.2, -0.15) is 13.2 Å². The van der Waals surface area contributed by atoms with Crippen LogP contribution in [0.3, 0.4) is 0 Å². The monoisotopic (exact) mass is 439 g/mol. The number of hydrogen-bond donors (Lipinski definition) is 0. The minimum absolute atomic E-state index is 0.316. The number of nitrogens with zero attached hydrogens (tertiary/aromatic N) is 1. The van der Waals surface area contributed by atoms with Gasteiger partial charge in [0, 0.05) is 26.7 Å². The maximum absolute atomic E-state index is 13.0. The zero-order valence-electron chi connectivity index (χ0n) is 18.2. The van der Waals surface area contributed by atoms with Gasteiger partial charge >= 0.3 is 6.18 Å². The molecule has 0 aromatic heterocycles. The summed E-state index contributed by atoms with van der Waals surface area (Å²) in [5, 5.41) is 0. The summed E-state index contributed by atoms with van der Waals surface area (Å²) in [6.07, 6.45) is 6.73. The van der Waals surface area contributed by atoms with Gasteiger partial charge in [0.1, 0.15) is 0 Å². The highest BCUT2D eigenvalue weighted by Gasteiger charge is 2.31. The molecular weight excluding hydrogens is 411 g/mol. The molecule has 2 aromatic rings. The first-order valence-corrected chi connectivity index (χ1v) is 11.0. The van der Waals surface area contributed by atoms with Crippen LogP contribution in [-0.2, 0) is 10.9 Å². The maximum atomic E-state index is 13.0. The lowest BCUT2D eigenvalue weighted by molar-refractivity contribution is -0.137. The van der Waals surface area contributed by atoms with Crippen molar-refractivity contribution in [3.8, 4) is 0 Å². The summed E-state index contributed by atoms with van der Waals surface area (Å²) in [5.41, 5.74) is 3.17. The van der Waals surface area contributed by atoms with Gasteiger partial charge in [-0.05, 0) is 53.7 Å². The predicted molar refractivity (Wildman–Crippen MR) is 123 cm³/mol. The molecule has 4 rings (SSSR count). The van der Waals surface area contributed by atoms with E-state index in [2.05, 4.69) is 41.3 Å². The quantitative estimate of drug-likeness (QED) is 0.502. The van der Waals surface area contributed by atoms with Gasteiger partial charge in [-0.3, -0.25) is 4.90 Å². The first-order valence-electron chi connectivity index (χ1n) is 11.0. The van der Waals surface area contributed by atoms with Gasteiger partial charge in [0.15, 0.2) is 0 Å². The first kappa shape index (κ1) is 22.6. The number of alkyl halides is 3. The highest BCUT2D eigenvalue weighted by Crippen LogP contribution is 2.34. The van der Waals surface area contributed by atoms with Crippen molar-refractivity contribution in [2.24, 2.45) is 0 Å². The summed E-state index contributed by atoms with van der Waals surface area (Å²) in [4.78, 5) is 2.34. The fraction of sp³-hybridized carbons (Fsp3) is 0.333. The molecule has 5 heteroatoms. The number of hydrogen-bond acceptors (Lipinski definition) is 2. The van der Waals surface area contributed by atoms with Gasteiger partial charge in [-0.1, -0.05) is 66.8 Å². The number of methoxy groups -OCH3 is 1. The van der Waals surface area contributed by atoms with E-state index >= 15 is 0 Å². The number of rotatable bonds is 6. The van der Waals surface area contributed by atoms with Gasteiger partial charge in [-0.25, -0.2) is 0 Å². The summed E-state index contributed by atoms with van der Waals surface area (Å²) in [6, 6.07) is 15.9. The maximum Gasteiger partial charge on any atom is 0.416 e. The lowest BCUT2D eigenvalue weighted by atomic mass is 9.86. The molecule has 1 heterocycles. The van der Waals surface area contributed by atoms with E-state index < -0.39 is 11.7 Å². The summed E-state index contributed by atoms with van der Waals surface area (Å²) < 4.78 is 45.0. The number of halogens is 3. The van der Waals surface area contributed by atoms with Crippen LogP contribution in [0.15, 0.2) is 78.9 Å². The molecule has 1 atom stereocenters. The van der Waals surface area contributed by atoms with Crippen LogP contribution < -0.4 is 0 Å². The Morgan fingerprint density at radius 2 is 1.78 bits per heavy atom. The predicted octanol–water partition coefficient (Wildman–Crippen LogP) is 6.61. The van der Waals surface area contributed by atoms with E-state index in [1.54, 1.807) is 13.2 Å². The average Bonchev–Trinajstić information content (AvgIpc) is 2.83. The SMILES string of the molecule is COC1(CCN2CC=C(c3cccc(C(F)(F)F)c3)CC2)C=CC(c2ccccc2)=CC1. The van der Waals surface area contributed by atoms with Crippen molar-refractivity contribution < 1.29 is 17.9 Å². The molecule has 2 aromatic carbocycles. The molecule has 168 valence electrons. The molecule has 0 bridgehead atoms. The van der Waals surface area contributed by atoms with Crippen molar-refractivity contribution in [3.05, 3.63) is 95.6 Å². The third-order valence-electron chi connectivity index (χ3n) is 6.45. The van der Waals surface area contributed by atoms with E-state index in [0.717, 1.165) is 50.5 Å². The second-order valence-corrected chi connectivity index (χ2v) is 8.44. The minimum Gasteiger partial charge on any atom is -0.374 e. The van der Waals surface area contributed by atoms with E-state index in [1.807, 2.05) is 18.2 Å². The van der Waals surface area contributed by atoms with Crippen LogP contribution in [0, 0.1) is 0 Å². The van der Waals surface area contributed by atoms with Crippen LogP contribution in [0.25, 0.3) is 11.1 Å². The van der Waals surface area contributed by atoms with Crippen molar-refractivity contribution >= 4 is 11.1 Å². The molecule has 0 saturated carbocycles. The van der Waals surface area contributed by atoms with E-state index in [9.17, 15) is 13.2 Å². The first-order chi connectivity index (χ1) is 15.4. The normalized spacial score (nSPS) is 21.9. The number of ether oxygens (including phenoxy) is 1. The Hall–Kier alpha value is -2.63. The minimum atomic E-state index is -4.31. The van der Waals surface area contributed by atoms with E-state index in [0.29, 0.717) is 5.56 Å². The third kappa shape index (κ3) is 5.22. The van der Waals surface area contributed by atoms with Crippen molar-refractivity contribution in [2.75, 3.05) is 26.7 Å². The second kappa shape index (κ2) is 9.47. The fourth-order valence-electron chi connectivity index (χ4n) is 4.36. The molecule has 32 heavy (non-hydrogen) atoms. The lowest BCUT2D eigenvalue weighted by Gasteiger charge is -2.34. The zero-order chi connectivity index (χ0) is 22.6. The van der Waals surface area contributed by atoms with Gasteiger partial charge in [0.2, 0.25) is 0 Å². The average molecular weight is 440 g/mol. The molecule has 0 fully saturated rings. The van der Waals surface area contributed by atoms with Gasteiger partial charge in [-0.15, -0.1) is 0 Å². The molecule has 1 unspecified atom stereocenters. The highest BCUT2D eigenvalue weighted by molar-refractivity contribution is 5.75. The van der Waals surface area contributed by atoms with Crippen LogP contribution in [0.4, 0.5) is 13.2 Å². The molecule has 2 aliphatic rings. The summed E-state index contributed by atoms with van der Waals surface area (Å²) in [6.45, 7) is 2.44. The van der Waals surface area contributed by atoms with Crippen LogP contribution in [0.1, 0.15) is 36.0 Å². The largest absolute Gasteiger partial charge is 0.416 e. The Balaban J connectivity index is 1.35. The molecular formula is C27H28F3NO. The van der Waals surface area contributed by atoms with Gasteiger partial charge < -0.3 is 4.74 Å². The molecule has 0 amide bonds. The molecule has 0 radical (unpaired) electrons. The molecule has 0 spiro atoms. The Bertz CT molecular complexity index is 1020. The molecule has 0 N–H and O–H groups in total. The molecule has 1 aliphatic carbocycles. The van der Waals surface area contributed by atoms with E-state index in [-0.39, 0.29) is 5.60 Å². The van der Waals surface area contributed by atoms with E-state index in [1.165, 1.54) is 23.3 Å². The van der Waals surface area contributed by atoms with Crippen molar-refractivity contribution in [2.45, 2.75) is 31.0 Å². The highest BCUT2D eigenvalue weighted by atomic mass is 19.4. The zero-order valence-corrected chi connectivity index (χ0v) is 18.2. The molecule has 2 nitrogen and oxygen atoms in total. The smallest absolute Gasteiger partial charge is 0.374 e. The second-order valence-electron chi connectivity index (χ2n) is 8.44. The van der Waals surface area contributed by atoms with Crippen molar-refractivity contribution in [1.29, 1.82) is 0 Å². The van der Waals surface area contributed by atoms with Crippen molar-refractivity contribution in [3.63, 3.8) is 0 Å². The van der Waals surface area contributed by atoms with Crippen LogP contribution >= 0.6 is 0 Å². The molecule has 1 aliphatic heterocycles. The van der Waals surface area contributed by atoms with Gasteiger partial charge in [0.05, 0.1) is 11.2 Å². The third-order valence-corrected chi connectivity index (χ3v) is 6.45. The molecule has 0 saturated heterocycles. The lowest BCUT2D eigenvalue weighted by Crippen LogP contribution is -2.37. The summed E-state index contributed by atoms with van der Waals surface area (Å²) in [5.74, 6) is 0. The number of benzene rings is 2. The summed E-state index contributed by atoms with van der Waals surface area (Å²) in [7, 11) is 1.76. The fourth-order valence-corrected chi connectivity index (χ4v) is 4.36. The topological polar surface area (TPSA) is 12.5 Å². The van der Waals surface area contributed by atoms with Gasteiger partial charge in [0.25, 0.3) is 0 Å². The van der Waals surface area contributed by atoms with Crippen LogP contribution in [0.5, 0.6) is 0 Å². The number of allylic oxidation sites excluding steroid dienone is 2.